The summed E-state index contributed by atoms with van der Waals surface area (Å²) in [6.45, 7) is -2.36. The fourth-order valence-electron chi connectivity index (χ4n) is 5.26. The van der Waals surface area contributed by atoms with E-state index in [1.165, 1.54) is 0 Å². The van der Waals surface area contributed by atoms with Crippen molar-refractivity contribution in [1.82, 2.24) is 45.2 Å². The van der Waals surface area contributed by atoms with Crippen LogP contribution in [-0.2, 0) is 49.7 Å². The van der Waals surface area contributed by atoms with Gasteiger partial charge < -0.3 is 67.1 Å². The molecular weight excluding hydrogens is 854 g/mol. The molecule has 0 saturated carbocycles. The van der Waals surface area contributed by atoms with Crippen LogP contribution in [-0.4, -0.2) is 129 Å². The number of fused-ring (bicyclic) bond motifs is 2. The van der Waals surface area contributed by atoms with Gasteiger partial charge in [0.25, 0.3) is 11.1 Å². The number of aliphatic hydroxyl groups excluding tert-OH is 4. The predicted octanol–water partition coefficient (Wildman–Crippen LogP) is -3.70. The highest BCUT2D eigenvalue weighted by Gasteiger charge is 2.50. The van der Waals surface area contributed by atoms with Crippen molar-refractivity contribution in [1.29, 1.82) is 0 Å². The van der Waals surface area contributed by atoms with Crippen LogP contribution >= 0.6 is 31.3 Å². The number of rotatable bonds is 14. The lowest BCUT2D eigenvalue weighted by molar-refractivity contribution is -0.0505. The Balaban J connectivity index is 0.00000600. The number of nitrogens with two attached hydrogens (primary N) is 2. The van der Waals surface area contributed by atoms with Crippen LogP contribution in [0.1, 0.15) is 12.5 Å². The molecule has 17 N–H and O–H groups in total. The second-order valence-corrected chi connectivity index (χ2v) is 17.6. The van der Waals surface area contributed by atoms with Gasteiger partial charge in [-0.15, -0.1) is 0 Å². The molecule has 2 saturated heterocycles. The topological polar surface area (TPSA) is 509 Å². The number of nitrogens with one attached hydrogen (secondary N) is 2. The first-order chi connectivity index (χ1) is 25.5. The van der Waals surface area contributed by atoms with Gasteiger partial charge in [-0.3, -0.25) is 37.7 Å². The quantitative estimate of drug-likeness (QED) is 0.0542. The van der Waals surface area contributed by atoms with Crippen molar-refractivity contribution in [2.45, 2.75) is 49.1 Å². The molecule has 6 rings (SSSR count). The van der Waals surface area contributed by atoms with Crippen LogP contribution in [0, 0.1) is 0 Å². The number of nitrogens with zero attached hydrogens (tertiary/aromatic N) is 6. The third kappa shape index (κ3) is 9.15. The Hall–Kier alpha value is -3.42. The molecule has 0 spiro atoms. The van der Waals surface area contributed by atoms with E-state index in [0.717, 1.165) is 21.8 Å². The van der Waals surface area contributed by atoms with Crippen molar-refractivity contribution in [3.05, 3.63) is 33.4 Å². The molecule has 56 heavy (non-hydrogen) atoms. The summed E-state index contributed by atoms with van der Waals surface area (Å²) < 4.78 is 82.9. The first kappa shape index (κ1) is 43.7. The highest BCUT2D eigenvalue weighted by molar-refractivity contribution is 7.69. The Morgan fingerprint density at radius 2 is 0.982 bits per heavy atom. The summed E-state index contributed by atoms with van der Waals surface area (Å²) in [6, 6.07) is 0. The number of ether oxygens (including phenoxy) is 2. The normalized spacial score (nSPS) is 29.7. The number of hydrogen-bond acceptors (Lipinski definition) is 24. The van der Waals surface area contributed by atoms with Gasteiger partial charge in [-0.2, -0.15) is 22.9 Å². The van der Waals surface area contributed by atoms with Crippen molar-refractivity contribution in [3.8, 4) is 0 Å². The number of phosphoric acid groups is 4. The fourth-order valence-corrected chi connectivity index (χ4v) is 10.2. The van der Waals surface area contributed by atoms with Gasteiger partial charge in [0, 0.05) is 0 Å². The summed E-state index contributed by atoms with van der Waals surface area (Å²) >= 11 is 0. The van der Waals surface area contributed by atoms with E-state index in [1.807, 2.05) is 0 Å². The van der Waals surface area contributed by atoms with E-state index < -0.39 is 105 Å². The van der Waals surface area contributed by atoms with E-state index >= 15 is 0 Å². The van der Waals surface area contributed by atoms with Gasteiger partial charge in [0.05, 0.1) is 25.9 Å². The van der Waals surface area contributed by atoms with Crippen LogP contribution < -0.4 is 28.7 Å². The average molecular weight is 885 g/mol. The second-order valence-electron chi connectivity index (χ2n) is 11.4. The maximum absolute atomic E-state index is 12.4. The average Bonchev–Trinajstić information content (AvgIpc) is 3.79. The second kappa shape index (κ2) is 15.7. The molecule has 2 fully saturated rings. The first-order valence-corrected chi connectivity index (χ1v) is 20.7. The number of phosphoric ester groups is 2. The number of H-pyrrole nitrogens is 2. The Morgan fingerprint density at radius 1 is 0.643 bits per heavy atom. The van der Waals surface area contributed by atoms with E-state index in [4.69, 9.17) is 20.9 Å². The molecule has 312 valence electrons. The van der Waals surface area contributed by atoms with Crippen LogP contribution in [0.4, 0.5) is 11.9 Å². The summed E-state index contributed by atoms with van der Waals surface area (Å²) in [5.74, 6) is -0.680. The standard InChI is InChI=1S/C20H28N10O21P4.H3N/c21-19-25-13-7(15(35)27-19)23-3-29(13)17-11(33)9(31)5(47-17)1-45-52(37,38)49-54(41,42)51-55(43,44)50-53(39,40)46-2-6-10(32)12(34)18(48-6)30-4-24-8-14(30)26-20(22)28-16(8)36;/h3-6,9-12,17-18,31-34H,1-2H2,(H,37,38)(H,39,40)(H,41,42)(H,43,44)(H3,21,25,27,35)(H3,22,26,28,36);1H3/t5-,6-,9-,10-,11-,12-,17-,18-;/m1./s1. The minimum absolute atomic E-state index is 0. The molecule has 4 aromatic rings. The number of nitrogen functional groups attached to an aromatic ring is 2. The molecule has 0 aliphatic carbocycles. The number of imidazole rings is 2. The minimum atomic E-state index is -6.25. The SMILES string of the molecule is N.Nc1nc2c(ncn2[C@@H]2O[C@H](COP(=O)(O)OP(=O)(O)OP(=O)(O)OP(=O)(O)OC[C@H]3O[C@@H](n4cnc5c(=O)[nH]c(N)nc54)[C@H](O)[C@@H]3O)[C@@H](O)[C@H]2O)c(=O)[nH]1. The van der Waals surface area contributed by atoms with Crippen molar-refractivity contribution < 1.29 is 89.7 Å². The summed E-state index contributed by atoms with van der Waals surface area (Å²) in [6.07, 6.45) is -11.9. The zero-order valence-electron chi connectivity index (χ0n) is 27.4. The van der Waals surface area contributed by atoms with Crippen molar-refractivity contribution >= 4 is 65.5 Å². The van der Waals surface area contributed by atoms with Crippen molar-refractivity contribution in [3.63, 3.8) is 0 Å². The van der Waals surface area contributed by atoms with Crippen molar-refractivity contribution in [2.75, 3.05) is 24.7 Å². The molecule has 0 aromatic carbocycles. The molecule has 6 heterocycles. The lowest BCUT2D eigenvalue weighted by atomic mass is 10.1. The number of aromatic amines is 2. The van der Waals surface area contributed by atoms with Gasteiger partial charge in [-0.05, 0) is 0 Å². The van der Waals surface area contributed by atoms with E-state index in [-0.39, 0.29) is 40.4 Å². The Labute approximate surface area is 307 Å². The van der Waals surface area contributed by atoms with Gasteiger partial charge >= 0.3 is 31.3 Å². The molecule has 0 radical (unpaired) electrons. The molecule has 4 unspecified atom stereocenters. The molecule has 36 heteroatoms. The fraction of sp³-hybridized carbons (Fsp3) is 0.500. The molecule has 2 aliphatic heterocycles. The largest absolute Gasteiger partial charge is 0.490 e. The van der Waals surface area contributed by atoms with Gasteiger partial charge in [0.1, 0.15) is 36.6 Å². The summed E-state index contributed by atoms with van der Waals surface area (Å²) in [4.78, 5) is 83.4. The van der Waals surface area contributed by atoms with E-state index in [0.29, 0.717) is 0 Å². The third-order valence-corrected chi connectivity index (χ3v) is 13.5. The van der Waals surface area contributed by atoms with Crippen LogP contribution in [0.25, 0.3) is 22.3 Å². The molecule has 12 atom stereocenters. The van der Waals surface area contributed by atoms with Gasteiger partial charge in [-0.25, -0.2) is 28.2 Å². The first-order valence-electron chi connectivity index (χ1n) is 14.7. The smallest absolute Gasteiger partial charge is 0.387 e. The zero-order chi connectivity index (χ0) is 40.4. The third-order valence-electron chi connectivity index (χ3n) is 7.55. The number of aromatic nitrogens is 8. The Morgan fingerprint density at radius 3 is 1.34 bits per heavy atom. The number of anilines is 2. The van der Waals surface area contributed by atoms with E-state index in [9.17, 15) is 67.8 Å². The lowest BCUT2D eigenvalue weighted by Crippen LogP contribution is -2.33. The van der Waals surface area contributed by atoms with Gasteiger partial charge in [-0.1, -0.05) is 0 Å². The van der Waals surface area contributed by atoms with Gasteiger partial charge in [0.15, 0.2) is 34.8 Å². The molecular formula is C20H31N11O21P4. The summed E-state index contributed by atoms with van der Waals surface area (Å²) in [5.41, 5.74) is 8.68. The minimum Gasteiger partial charge on any atom is -0.387 e. The molecule has 0 bridgehead atoms. The van der Waals surface area contributed by atoms with Crippen LogP contribution in [0.2, 0.25) is 0 Å². The Kier molecular flexibility index (Phi) is 12.3. The summed E-state index contributed by atoms with van der Waals surface area (Å²) in [7, 11) is -24.2. The zero-order valence-corrected chi connectivity index (χ0v) is 31.0. The van der Waals surface area contributed by atoms with Crippen LogP contribution in [0.15, 0.2) is 22.2 Å². The van der Waals surface area contributed by atoms with Crippen LogP contribution in [0.3, 0.4) is 0 Å². The number of aliphatic hydroxyl groups is 4. The maximum atomic E-state index is 12.4. The molecule has 32 nitrogen and oxygen atoms in total. The lowest BCUT2D eigenvalue weighted by Gasteiger charge is -2.21. The van der Waals surface area contributed by atoms with Crippen molar-refractivity contribution in [2.24, 2.45) is 0 Å². The summed E-state index contributed by atoms with van der Waals surface area (Å²) in [5, 5.41) is 41.8. The van der Waals surface area contributed by atoms with E-state index in [1.54, 1.807) is 0 Å². The highest BCUT2D eigenvalue weighted by atomic mass is 31.3. The monoisotopic (exact) mass is 885 g/mol. The van der Waals surface area contributed by atoms with E-state index in [2.05, 4.69) is 51.9 Å². The highest BCUT2D eigenvalue weighted by Crippen LogP contribution is 2.71. The molecule has 2 aliphatic rings. The maximum Gasteiger partial charge on any atom is 0.490 e. The molecule has 0 amide bonds. The predicted molar refractivity (Wildman–Crippen MR) is 176 cm³/mol. The van der Waals surface area contributed by atoms with Gasteiger partial charge in [0.2, 0.25) is 11.9 Å². The van der Waals surface area contributed by atoms with Crippen LogP contribution in [0.5, 0.6) is 0 Å². The number of hydrogen-bond donors (Lipinski definition) is 13. The molecule has 4 aromatic heterocycles. The Bertz CT molecular complexity index is 2260.